The number of nitrogens with one attached hydrogen (secondary N) is 1. The number of hydrogen-bond donors (Lipinski definition) is 4. The van der Waals surface area contributed by atoms with Crippen LogP contribution in [0.1, 0.15) is 12.5 Å². The Balaban J connectivity index is 0.000000461. The normalized spacial score (nSPS) is 12.3. The van der Waals surface area contributed by atoms with Gasteiger partial charge in [0.05, 0.1) is 25.0 Å². The molecule has 160 valence electrons. The number of hydrogen-bond acceptors (Lipinski definition) is 6. The number of benzene rings is 3. The molecule has 1 aromatic heterocycles. The molecule has 0 saturated heterocycles. The lowest BCUT2D eigenvalue weighted by molar-refractivity contribution is 0.103. The zero-order valence-corrected chi connectivity index (χ0v) is 18.4. The smallest absolute Gasteiger partial charge is 0.261 e. The molecule has 0 aliphatic heterocycles. The van der Waals surface area contributed by atoms with Crippen molar-refractivity contribution >= 4 is 53.1 Å². The van der Waals surface area contributed by atoms with Crippen LogP contribution in [0.4, 0.5) is 0 Å². The van der Waals surface area contributed by atoms with Gasteiger partial charge in [0.2, 0.25) is 0 Å². The van der Waals surface area contributed by atoms with Gasteiger partial charge in [-0.05, 0) is 51.5 Å². The standard InChI is InChI=1S/C21H21NO2S.CH4O3S/c1-21(12-23,13-24)22-11-15-10-19-16-5-3-2-4-14(16)6-7-18(19)20-17(15)8-9-25-20;1-5(2,3)4/h2-10,22-24H,11-13H2,1H3;1H3,(H,2,3,4). The van der Waals surface area contributed by atoms with Crippen molar-refractivity contribution in [1.29, 1.82) is 0 Å². The summed E-state index contributed by atoms with van der Waals surface area (Å²) in [5, 5.41) is 30.7. The second-order valence-electron chi connectivity index (χ2n) is 7.54. The van der Waals surface area contributed by atoms with Gasteiger partial charge in [-0.2, -0.15) is 8.42 Å². The van der Waals surface area contributed by atoms with E-state index in [2.05, 4.69) is 59.2 Å². The molecule has 0 radical (unpaired) electrons. The number of rotatable bonds is 5. The van der Waals surface area contributed by atoms with E-state index in [4.69, 9.17) is 4.55 Å². The van der Waals surface area contributed by atoms with Crippen LogP contribution in [0.5, 0.6) is 0 Å². The minimum absolute atomic E-state index is 0.104. The Kier molecular flexibility index (Phi) is 6.76. The molecule has 0 aliphatic carbocycles. The van der Waals surface area contributed by atoms with Crippen LogP contribution in [-0.4, -0.2) is 48.2 Å². The summed E-state index contributed by atoms with van der Waals surface area (Å²) in [4.78, 5) is 0. The molecule has 1 heterocycles. The Bertz CT molecular complexity index is 1270. The molecule has 4 rings (SSSR count). The van der Waals surface area contributed by atoms with E-state index in [1.54, 1.807) is 11.3 Å². The second kappa shape index (κ2) is 8.97. The maximum absolute atomic E-state index is 9.53. The summed E-state index contributed by atoms with van der Waals surface area (Å²) in [7, 11) is -3.67. The Morgan fingerprint density at radius 1 is 0.967 bits per heavy atom. The van der Waals surface area contributed by atoms with Crippen LogP contribution in [0.25, 0.3) is 31.6 Å². The first-order valence-electron chi connectivity index (χ1n) is 9.35. The molecule has 0 atom stereocenters. The van der Waals surface area contributed by atoms with Gasteiger partial charge in [0.1, 0.15) is 0 Å². The molecule has 0 spiro atoms. The SMILES string of the molecule is CC(CO)(CO)NCc1cc2c3ccccc3ccc2c2sccc12.CS(=O)(=O)O. The zero-order chi connectivity index (χ0) is 21.9. The highest BCUT2D eigenvalue weighted by atomic mass is 32.2. The largest absolute Gasteiger partial charge is 0.394 e. The topological polar surface area (TPSA) is 107 Å². The van der Waals surface area contributed by atoms with E-state index in [0.29, 0.717) is 12.8 Å². The lowest BCUT2D eigenvalue weighted by atomic mass is 9.97. The highest BCUT2D eigenvalue weighted by molar-refractivity contribution is 7.85. The maximum atomic E-state index is 9.53. The summed E-state index contributed by atoms with van der Waals surface area (Å²) in [5.74, 6) is 0. The van der Waals surface area contributed by atoms with Crippen molar-refractivity contribution in [3.63, 3.8) is 0 Å². The van der Waals surface area contributed by atoms with Crippen LogP contribution < -0.4 is 5.32 Å². The molecule has 6 nitrogen and oxygen atoms in total. The van der Waals surface area contributed by atoms with E-state index in [0.717, 1.165) is 0 Å². The number of thiophene rings is 1. The Morgan fingerprint density at radius 3 is 2.30 bits per heavy atom. The monoisotopic (exact) mass is 447 g/mol. The first-order chi connectivity index (χ1) is 14.1. The molecule has 3 aromatic carbocycles. The van der Waals surface area contributed by atoms with E-state index in [9.17, 15) is 18.6 Å². The van der Waals surface area contributed by atoms with Crippen LogP contribution in [0.15, 0.2) is 53.9 Å². The van der Waals surface area contributed by atoms with Crippen LogP contribution in [0.2, 0.25) is 0 Å². The predicted molar refractivity (Wildman–Crippen MR) is 124 cm³/mol. The van der Waals surface area contributed by atoms with Gasteiger partial charge in [0.25, 0.3) is 10.1 Å². The van der Waals surface area contributed by atoms with Gasteiger partial charge in [0.15, 0.2) is 0 Å². The second-order valence-corrected chi connectivity index (χ2v) is 9.93. The minimum Gasteiger partial charge on any atom is -0.394 e. The Labute approximate surface area is 179 Å². The van der Waals surface area contributed by atoms with Crippen LogP contribution in [0.3, 0.4) is 0 Å². The highest BCUT2D eigenvalue weighted by Gasteiger charge is 2.22. The lowest BCUT2D eigenvalue weighted by Gasteiger charge is -2.26. The van der Waals surface area contributed by atoms with Crippen molar-refractivity contribution < 1.29 is 23.2 Å². The fourth-order valence-corrected chi connectivity index (χ4v) is 4.26. The average molecular weight is 448 g/mol. The molecule has 4 N–H and O–H groups in total. The van der Waals surface area contributed by atoms with Crippen LogP contribution in [-0.2, 0) is 16.7 Å². The summed E-state index contributed by atoms with van der Waals surface area (Å²) in [6.07, 6.45) is 0.715. The van der Waals surface area contributed by atoms with Gasteiger partial charge in [-0.1, -0.05) is 36.4 Å². The van der Waals surface area contributed by atoms with Crippen molar-refractivity contribution in [2.45, 2.75) is 19.0 Å². The fraction of sp³-hybridized carbons (Fsp3) is 0.273. The minimum atomic E-state index is -3.67. The fourth-order valence-electron chi connectivity index (χ4n) is 3.29. The first kappa shape index (κ1) is 22.6. The molecule has 8 heteroatoms. The molecule has 0 bridgehead atoms. The number of aliphatic hydroxyl groups excluding tert-OH is 2. The quantitative estimate of drug-likeness (QED) is 0.275. The average Bonchev–Trinajstić information content (AvgIpc) is 3.20. The van der Waals surface area contributed by atoms with Crippen molar-refractivity contribution in [2.24, 2.45) is 0 Å². The van der Waals surface area contributed by atoms with E-state index >= 15 is 0 Å². The highest BCUT2D eigenvalue weighted by Crippen LogP contribution is 2.36. The molecule has 0 amide bonds. The molecular formula is C22H25NO5S2. The molecule has 0 aliphatic rings. The van der Waals surface area contributed by atoms with Crippen molar-refractivity contribution in [2.75, 3.05) is 19.5 Å². The lowest BCUT2D eigenvalue weighted by Crippen LogP contribution is -2.48. The third-order valence-electron chi connectivity index (χ3n) is 4.95. The molecule has 30 heavy (non-hydrogen) atoms. The van der Waals surface area contributed by atoms with Gasteiger partial charge in [-0.3, -0.25) is 4.55 Å². The van der Waals surface area contributed by atoms with Gasteiger partial charge in [-0.15, -0.1) is 11.3 Å². The van der Waals surface area contributed by atoms with Gasteiger partial charge >= 0.3 is 0 Å². The molecule has 0 unspecified atom stereocenters. The van der Waals surface area contributed by atoms with Crippen molar-refractivity contribution in [3.8, 4) is 0 Å². The van der Waals surface area contributed by atoms with Crippen molar-refractivity contribution in [3.05, 3.63) is 59.5 Å². The summed E-state index contributed by atoms with van der Waals surface area (Å²) in [6.45, 7) is 2.22. The zero-order valence-electron chi connectivity index (χ0n) is 16.8. The third-order valence-corrected chi connectivity index (χ3v) is 5.90. The molecule has 0 fully saturated rings. The summed E-state index contributed by atoms with van der Waals surface area (Å²) >= 11 is 1.76. The number of fused-ring (bicyclic) bond motifs is 5. The van der Waals surface area contributed by atoms with Crippen molar-refractivity contribution in [1.82, 2.24) is 5.32 Å². The van der Waals surface area contributed by atoms with E-state index in [1.807, 2.05) is 6.92 Å². The Hall–Kier alpha value is -2.07. The third kappa shape index (κ3) is 5.15. The number of aliphatic hydroxyl groups is 2. The van der Waals surface area contributed by atoms with Gasteiger partial charge in [0, 0.05) is 16.6 Å². The summed E-state index contributed by atoms with van der Waals surface area (Å²) in [5.41, 5.74) is 0.504. The van der Waals surface area contributed by atoms with E-state index in [-0.39, 0.29) is 13.2 Å². The van der Waals surface area contributed by atoms with Crippen LogP contribution >= 0.6 is 11.3 Å². The Morgan fingerprint density at radius 2 is 1.63 bits per heavy atom. The molecular weight excluding hydrogens is 422 g/mol. The van der Waals surface area contributed by atoms with Gasteiger partial charge < -0.3 is 15.5 Å². The summed E-state index contributed by atoms with van der Waals surface area (Å²) < 4.78 is 27.2. The van der Waals surface area contributed by atoms with E-state index < -0.39 is 15.7 Å². The molecule has 4 aromatic rings. The summed E-state index contributed by atoms with van der Waals surface area (Å²) in [6, 6.07) is 17.2. The van der Waals surface area contributed by atoms with Gasteiger partial charge in [-0.25, -0.2) is 0 Å². The van der Waals surface area contributed by atoms with E-state index in [1.165, 1.54) is 37.2 Å². The first-order valence-corrected chi connectivity index (χ1v) is 12.1. The predicted octanol–water partition coefficient (Wildman–Crippen LogP) is 3.54. The molecule has 0 saturated carbocycles. The van der Waals surface area contributed by atoms with Crippen LogP contribution in [0, 0.1) is 0 Å². The maximum Gasteiger partial charge on any atom is 0.261 e.